The molecule has 0 saturated heterocycles. The maximum absolute atomic E-state index is 12.0. The third kappa shape index (κ3) is 3.56. The summed E-state index contributed by atoms with van der Waals surface area (Å²) >= 11 is 1.55. The number of thiophene rings is 1. The Bertz CT molecular complexity index is 424. The first kappa shape index (κ1) is 15.7. The molecule has 0 fully saturated rings. The third-order valence-corrected chi connectivity index (χ3v) is 4.55. The van der Waals surface area contributed by atoms with Crippen molar-refractivity contribution in [2.75, 3.05) is 6.54 Å². The van der Waals surface area contributed by atoms with Crippen molar-refractivity contribution in [1.82, 2.24) is 5.32 Å². The van der Waals surface area contributed by atoms with E-state index < -0.39 is 11.4 Å². The molecule has 1 atom stereocenters. The van der Waals surface area contributed by atoms with Crippen LogP contribution in [0.25, 0.3) is 0 Å². The van der Waals surface area contributed by atoms with Crippen LogP contribution in [0.2, 0.25) is 0 Å². The predicted octanol–water partition coefficient (Wildman–Crippen LogP) is 2.86. The summed E-state index contributed by atoms with van der Waals surface area (Å²) in [5.74, 6) is -1.21. The van der Waals surface area contributed by atoms with Crippen LogP contribution in [0.15, 0.2) is 16.8 Å². The van der Waals surface area contributed by atoms with Crippen LogP contribution in [0, 0.1) is 5.41 Å². The highest BCUT2D eigenvalue weighted by Crippen LogP contribution is 2.26. The van der Waals surface area contributed by atoms with Gasteiger partial charge in [0.2, 0.25) is 5.91 Å². The van der Waals surface area contributed by atoms with Gasteiger partial charge in [-0.1, -0.05) is 13.8 Å². The molecule has 4 nitrogen and oxygen atoms in total. The van der Waals surface area contributed by atoms with E-state index in [1.54, 1.807) is 11.3 Å². The van der Waals surface area contributed by atoms with Gasteiger partial charge in [-0.05, 0) is 42.2 Å². The van der Waals surface area contributed by atoms with Crippen LogP contribution >= 0.6 is 11.3 Å². The van der Waals surface area contributed by atoms with Crippen molar-refractivity contribution < 1.29 is 14.7 Å². The van der Waals surface area contributed by atoms with Crippen molar-refractivity contribution in [2.45, 2.75) is 39.5 Å². The van der Waals surface area contributed by atoms with Gasteiger partial charge >= 0.3 is 5.97 Å². The van der Waals surface area contributed by atoms with Gasteiger partial charge in [-0.3, -0.25) is 9.59 Å². The molecule has 0 aliphatic heterocycles. The van der Waals surface area contributed by atoms with Gasteiger partial charge in [-0.2, -0.15) is 11.3 Å². The number of hydrogen-bond donors (Lipinski definition) is 2. The first-order valence-electron chi connectivity index (χ1n) is 6.50. The minimum Gasteiger partial charge on any atom is -0.481 e. The minimum atomic E-state index is -0.857. The van der Waals surface area contributed by atoms with Crippen molar-refractivity contribution in [3.8, 4) is 0 Å². The number of nitrogens with one attached hydrogen (secondary N) is 1. The Kier molecular flexibility index (Phi) is 5.54. The lowest BCUT2D eigenvalue weighted by Crippen LogP contribution is -2.43. The van der Waals surface area contributed by atoms with Gasteiger partial charge < -0.3 is 10.4 Å². The fraction of sp³-hybridized carbons (Fsp3) is 0.571. The van der Waals surface area contributed by atoms with Crippen LogP contribution in [-0.4, -0.2) is 23.5 Å². The van der Waals surface area contributed by atoms with Gasteiger partial charge in [0.25, 0.3) is 0 Å². The number of amides is 1. The van der Waals surface area contributed by atoms with E-state index in [1.807, 2.05) is 37.6 Å². The Hall–Kier alpha value is -1.36. The van der Waals surface area contributed by atoms with Gasteiger partial charge in [0.05, 0.1) is 11.3 Å². The van der Waals surface area contributed by atoms with Gasteiger partial charge in [-0.25, -0.2) is 0 Å². The molecule has 1 aromatic heterocycles. The molecular formula is C14H21NO3S. The fourth-order valence-electron chi connectivity index (χ4n) is 1.96. The van der Waals surface area contributed by atoms with E-state index in [4.69, 9.17) is 0 Å². The normalized spacial score (nSPS) is 13.0. The molecule has 106 valence electrons. The van der Waals surface area contributed by atoms with Crippen LogP contribution in [0.4, 0.5) is 0 Å². The van der Waals surface area contributed by atoms with E-state index >= 15 is 0 Å². The molecule has 0 saturated carbocycles. The zero-order valence-corrected chi connectivity index (χ0v) is 12.4. The van der Waals surface area contributed by atoms with E-state index in [-0.39, 0.29) is 18.4 Å². The smallest absolute Gasteiger partial charge is 0.311 e. The van der Waals surface area contributed by atoms with Crippen molar-refractivity contribution in [2.24, 2.45) is 5.41 Å². The molecule has 0 aliphatic rings. The van der Waals surface area contributed by atoms with Gasteiger partial charge in [0.1, 0.15) is 0 Å². The maximum Gasteiger partial charge on any atom is 0.311 e. The zero-order valence-electron chi connectivity index (χ0n) is 11.6. The molecule has 0 aromatic carbocycles. The largest absolute Gasteiger partial charge is 0.481 e. The molecule has 0 spiro atoms. The number of aliphatic carboxylic acids is 1. The van der Waals surface area contributed by atoms with E-state index in [1.165, 1.54) is 0 Å². The highest BCUT2D eigenvalue weighted by atomic mass is 32.1. The molecule has 1 heterocycles. The summed E-state index contributed by atoms with van der Waals surface area (Å²) in [5, 5.41) is 16.0. The molecule has 5 heteroatoms. The summed E-state index contributed by atoms with van der Waals surface area (Å²) in [6, 6.07) is 1.92. The molecule has 19 heavy (non-hydrogen) atoms. The number of carboxylic acids is 1. The van der Waals surface area contributed by atoms with Gasteiger partial charge in [-0.15, -0.1) is 0 Å². The van der Waals surface area contributed by atoms with E-state index in [2.05, 4.69) is 5.32 Å². The van der Waals surface area contributed by atoms with Crippen molar-refractivity contribution in [3.63, 3.8) is 0 Å². The van der Waals surface area contributed by atoms with Gasteiger partial charge in [0.15, 0.2) is 0 Å². The van der Waals surface area contributed by atoms with Gasteiger partial charge in [0, 0.05) is 6.54 Å². The lowest BCUT2D eigenvalue weighted by Gasteiger charge is -2.27. The highest BCUT2D eigenvalue weighted by molar-refractivity contribution is 7.08. The number of carbonyl (C=O) groups excluding carboxylic acids is 1. The highest BCUT2D eigenvalue weighted by Gasteiger charge is 2.35. The second-order valence-electron chi connectivity index (χ2n) is 4.79. The SMILES string of the molecule is CCC(CC)(CNC(=O)C(C)c1ccsc1)C(=O)O. The Morgan fingerprint density at radius 1 is 1.42 bits per heavy atom. The molecule has 0 aliphatic carbocycles. The van der Waals surface area contributed by atoms with Crippen LogP contribution < -0.4 is 5.32 Å². The van der Waals surface area contributed by atoms with Crippen molar-refractivity contribution >= 4 is 23.2 Å². The quantitative estimate of drug-likeness (QED) is 0.808. The molecule has 1 rings (SSSR count). The first-order valence-corrected chi connectivity index (χ1v) is 7.44. The van der Waals surface area contributed by atoms with Crippen LogP contribution in [0.3, 0.4) is 0 Å². The first-order chi connectivity index (χ1) is 8.96. The molecule has 2 N–H and O–H groups in total. The van der Waals surface area contributed by atoms with Crippen LogP contribution in [0.5, 0.6) is 0 Å². The Labute approximate surface area is 117 Å². The molecule has 0 bridgehead atoms. The average molecular weight is 283 g/mol. The summed E-state index contributed by atoms with van der Waals surface area (Å²) in [4.78, 5) is 23.4. The Morgan fingerprint density at radius 3 is 2.47 bits per heavy atom. The number of carboxylic acid groups (broad SMARTS) is 1. The molecule has 1 aromatic rings. The van der Waals surface area contributed by atoms with Crippen LogP contribution in [0.1, 0.15) is 45.1 Å². The third-order valence-electron chi connectivity index (χ3n) is 3.84. The lowest BCUT2D eigenvalue weighted by molar-refractivity contribution is -0.149. The number of carbonyl (C=O) groups is 2. The second kappa shape index (κ2) is 6.70. The van der Waals surface area contributed by atoms with E-state index in [0.717, 1.165) is 5.56 Å². The van der Waals surface area contributed by atoms with E-state index in [0.29, 0.717) is 12.8 Å². The number of hydrogen-bond acceptors (Lipinski definition) is 3. The van der Waals surface area contributed by atoms with E-state index in [9.17, 15) is 14.7 Å². The predicted molar refractivity (Wildman–Crippen MR) is 76.4 cm³/mol. The minimum absolute atomic E-state index is 0.120. The standard InChI is InChI=1S/C14H21NO3S/c1-4-14(5-2,13(17)18)9-15-12(16)10(3)11-6-7-19-8-11/h6-8,10H,4-5,9H2,1-3H3,(H,15,16)(H,17,18). The topological polar surface area (TPSA) is 66.4 Å². The summed E-state index contributed by atoms with van der Waals surface area (Å²) in [7, 11) is 0. The molecular weight excluding hydrogens is 262 g/mol. The summed E-state index contributed by atoms with van der Waals surface area (Å²) < 4.78 is 0. The maximum atomic E-state index is 12.0. The number of rotatable bonds is 7. The molecule has 1 amide bonds. The summed E-state index contributed by atoms with van der Waals surface area (Å²) in [6.45, 7) is 5.69. The summed E-state index contributed by atoms with van der Waals surface area (Å²) in [5.41, 5.74) is 0.112. The lowest BCUT2D eigenvalue weighted by atomic mass is 9.82. The average Bonchev–Trinajstić information content (AvgIpc) is 2.92. The molecule has 1 unspecified atom stereocenters. The monoisotopic (exact) mass is 283 g/mol. The van der Waals surface area contributed by atoms with Crippen molar-refractivity contribution in [1.29, 1.82) is 0 Å². The fourth-order valence-corrected chi connectivity index (χ4v) is 2.71. The molecule has 0 radical (unpaired) electrons. The zero-order chi connectivity index (χ0) is 14.5. The summed E-state index contributed by atoms with van der Waals surface area (Å²) in [6.07, 6.45) is 1.01. The van der Waals surface area contributed by atoms with Crippen LogP contribution in [-0.2, 0) is 9.59 Å². The Morgan fingerprint density at radius 2 is 2.05 bits per heavy atom. The second-order valence-corrected chi connectivity index (χ2v) is 5.57. The Balaban J connectivity index is 2.65. The van der Waals surface area contributed by atoms with Crippen molar-refractivity contribution in [3.05, 3.63) is 22.4 Å².